The topological polar surface area (TPSA) is 77.1 Å². The van der Waals surface area contributed by atoms with Crippen LogP contribution < -0.4 is 10.5 Å². The van der Waals surface area contributed by atoms with Crippen LogP contribution in [-0.4, -0.2) is 27.0 Å². The normalized spacial score (nSPS) is 10.8. The lowest BCUT2D eigenvalue weighted by atomic mass is 10.3. The first kappa shape index (κ1) is 16.5. The van der Waals surface area contributed by atoms with Crippen LogP contribution in [0.5, 0.6) is 0 Å². The molecule has 24 heavy (non-hydrogen) atoms. The van der Waals surface area contributed by atoms with Crippen molar-refractivity contribution >= 4 is 28.9 Å². The van der Waals surface area contributed by atoms with Crippen LogP contribution in [0.3, 0.4) is 0 Å². The SMILES string of the molecule is Cc1nc(CN(C)c2cnn(-c3ccc(Cl)cc3)c(=O)c2Cl)no1. The summed E-state index contributed by atoms with van der Waals surface area (Å²) < 4.78 is 6.15. The molecule has 0 atom stereocenters. The van der Waals surface area contributed by atoms with Gasteiger partial charge in [-0.2, -0.15) is 14.8 Å². The molecule has 0 aliphatic heterocycles. The Kier molecular flexibility index (Phi) is 4.55. The molecule has 0 radical (unpaired) electrons. The van der Waals surface area contributed by atoms with Crippen LogP contribution in [0.4, 0.5) is 5.69 Å². The number of hydrogen-bond donors (Lipinski definition) is 0. The minimum atomic E-state index is -0.423. The van der Waals surface area contributed by atoms with Crippen LogP contribution in [0.1, 0.15) is 11.7 Å². The number of hydrogen-bond acceptors (Lipinski definition) is 6. The summed E-state index contributed by atoms with van der Waals surface area (Å²) >= 11 is 12.1. The van der Waals surface area contributed by atoms with Gasteiger partial charge in [-0.15, -0.1) is 0 Å². The van der Waals surface area contributed by atoms with Crippen LogP contribution >= 0.6 is 23.2 Å². The van der Waals surface area contributed by atoms with Crippen molar-refractivity contribution in [3.05, 3.63) is 62.6 Å². The molecule has 3 rings (SSSR count). The van der Waals surface area contributed by atoms with Crippen LogP contribution in [-0.2, 0) is 6.54 Å². The molecule has 0 N–H and O–H groups in total. The smallest absolute Gasteiger partial charge is 0.292 e. The molecule has 9 heteroatoms. The first-order valence-electron chi connectivity index (χ1n) is 7.00. The van der Waals surface area contributed by atoms with Gasteiger partial charge >= 0.3 is 0 Å². The van der Waals surface area contributed by atoms with Gasteiger partial charge in [-0.25, -0.2) is 0 Å². The second-order valence-electron chi connectivity index (χ2n) is 5.12. The molecular weight excluding hydrogens is 353 g/mol. The fourth-order valence-corrected chi connectivity index (χ4v) is 2.56. The van der Waals surface area contributed by atoms with Crippen LogP contribution in [0.25, 0.3) is 5.69 Å². The van der Waals surface area contributed by atoms with Gasteiger partial charge in [-0.05, 0) is 24.3 Å². The summed E-state index contributed by atoms with van der Waals surface area (Å²) in [5, 5.41) is 8.63. The van der Waals surface area contributed by atoms with E-state index in [1.165, 1.54) is 10.9 Å². The number of nitrogens with zero attached hydrogens (tertiary/aromatic N) is 5. The van der Waals surface area contributed by atoms with Gasteiger partial charge in [0.15, 0.2) is 5.82 Å². The molecule has 0 saturated carbocycles. The summed E-state index contributed by atoms with van der Waals surface area (Å²) in [6.45, 7) is 2.04. The number of halogens is 2. The van der Waals surface area contributed by atoms with E-state index >= 15 is 0 Å². The lowest BCUT2D eigenvalue weighted by molar-refractivity contribution is 0.387. The summed E-state index contributed by atoms with van der Waals surface area (Å²) in [4.78, 5) is 18.3. The van der Waals surface area contributed by atoms with Crippen LogP contribution in [0, 0.1) is 6.92 Å². The Labute approximate surface area is 147 Å². The van der Waals surface area contributed by atoms with E-state index in [2.05, 4.69) is 15.2 Å². The third kappa shape index (κ3) is 3.27. The Morgan fingerprint density at radius 2 is 1.96 bits per heavy atom. The van der Waals surface area contributed by atoms with Crippen molar-refractivity contribution in [2.75, 3.05) is 11.9 Å². The van der Waals surface area contributed by atoms with Gasteiger partial charge in [0.25, 0.3) is 5.56 Å². The molecule has 124 valence electrons. The van der Waals surface area contributed by atoms with Gasteiger partial charge in [-0.3, -0.25) is 4.79 Å². The van der Waals surface area contributed by atoms with E-state index < -0.39 is 5.56 Å². The highest BCUT2D eigenvalue weighted by Crippen LogP contribution is 2.22. The van der Waals surface area contributed by atoms with E-state index in [0.717, 1.165) is 0 Å². The van der Waals surface area contributed by atoms with Crippen molar-refractivity contribution in [3.8, 4) is 5.69 Å². The largest absolute Gasteiger partial charge is 0.364 e. The molecule has 0 spiro atoms. The van der Waals surface area contributed by atoms with Crippen molar-refractivity contribution < 1.29 is 4.52 Å². The van der Waals surface area contributed by atoms with Crippen molar-refractivity contribution in [2.24, 2.45) is 0 Å². The van der Waals surface area contributed by atoms with Crippen molar-refractivity contribution in [1.29, 1.82) is 0 Å². The Balaban J connectivity index is 1.92. The van der Waals surface area contributed by atoms with Crippen LogP contribution in [0.2, 0.25) is 10.0 Å². The maximum absolute atomic E-state index is 12.5. The number of aryl methyl sites for hydroxylation is 1. The Hall–Kier alpha value is -2.38. The predicted octanol–water partition coefficient (Wildman–Crippen LogP) is 2.87. The van der Waals surface area contributed by atoms with Gasteiger partial charge in [0.05, 0.1) is 24.1 Å². The molecule has 0 aliphatic rings. The number of aromatic nitrogens is 4. The number of rotatable bonds is 4. The highest BCUT2D eigenvalue weighted by Gasteiger charge is 2.15. The molecule has 2 aromatic heterocycles. The summed E-state index contributed by atoms with van der Waals surface area (Å²) in [6, 6.07) is 6.74. The van der Waals surface area contributed by atoms with Gasteiger partial charge in [0.1, 0.15) is 5.02 Å². The Morgan fingerprint density at radius 3 is 2.58 bits per heavy atom. The molecule has 0 fully saturated rings. The fourth-order valence-electron chi connectivity index (χ4n) is 2.16. The third-order valence-electron chi connectivity index (χ3n) is 3.33. The molecule has 3 aromatic rings. The van der Waals surface area contributed by atoms with Crippen LogP contribution in [0.15, 0.2) is 39.8 Å². The van der Waals surface area contributed by atoms with Crippen molar-refractivity contribution in [2.45, 2.75) is 13.5 Å². The molecule has 2 heterocycles. The quantitative estimate of drug-likeness (QED) is 0.707. The predicted molar refractivity (Wildman–Crippen MR) is 91.0 cm³/mol. The molecule has 0 amide bonds. The maximum Gasteiger partial charge on any atom is 0.292 e. The summed E-state index contributed by atoms with van der Waals surface area (Å²) in [5.41, 5.74) is 0.635. The molecule has 0 aliphatic carbocycles. The van der Waals surface area contributed by atoms with Gasteiger partial charge in [0, 0.05) is 19.0 Å². The number of benzene rings is 1. The highest BCUT2D eigenvalue weighted by atomic mass is 35.5. The highest BCUT2D eigenvalue weighted by molar-refractivity contribution is 6.33. The van der Waals surface area contributed by atoms with E-state index in [-0.39, 0.29) is 5.02 Å². The molecule has 0 saturated heterocycles. The third-order valence-corrected chi connectivity index (χ3v) is 3.94. The van der Waals surface area contributed by atoms with E-state index in [4.69, 9.17) is 27.7 Å². The second-order valence-corrected chi connectivity index (χ2v) is 5.94. The molecule has 7 nitrogen and oxygen atoms in total. The van der Waals surface area contributed by atoms with Gasteiger partial charge < -0.3 is 9.42 Å². The molecule has 1 aromatic carbocycles. The first-order chi connectivity index (χ1) is 11.5. The lowest BCUT2D eigenvalue weighted by Crippen LogP contribution is -2.26. The summed E-state index contributed by atoms with van der Waals surface area (Å²) in [7, 11) is 1.76. The van der Waals surface area contributed by atoms with E-state index in [1.807, 2.05) is 0 Å². The summed E-state index contributed by atoms with van der Waals surface area (Å²) in [6.07, 6.45) is 1.52. The molecule has 0 unspecified atom stereocenters. The molecular formula is C15H13Cl2N5O2. The Bertz CT molecular complexity index is 920. The van der Waals surface area contributed by atoms with E-state index in [9.17, 15) is 4.79 Å². The van der Waals surface area contributed by atoms with Crippen molar-refractivity contribution in [3.63, 3.8) is 0 Å². The monoisotopic (exact) mass is 365 g/mol. The zero-order valence-electron chi connectivity index (χ0n) is 12.9. The van der Waals surface area contributed by atoms with Gasteiger partial charge in [-0.1, -0.05) is 28.4 Å². The molecule has 0 bridgehead atoms. The zero-order valence-corrected chi connectivity index (χ0v) is 14.4. The first-order valence-corrected chi connectivity index (χ1v) is 7.75. The van der Waals surface area contributed by atoms with E-state index in [0.29, 0.717) is 34.7 Å². The van der Waals surface area contributed by atoms with Gasteiger partial charge in [0.2, 0.25) is 5.89 Å². The van der Waals surface area contributed by atoms with Crippen molar-refractivity contribution in [1.82, 2.24) is 19.9 Å². The standard InChI is InChI=1S/C15H13Cl2N5O2/c1-9-19-13(20-24-9)8-21(2)12-7-18-22(15(23)14(12)17)11-5-3-10(16)4-6-11/h3-7H,8H2,1-2H3. The zero-order chi connectivity index (χ0) is 17.3. The minimum Gasteiger partial charge on any atom is -0.364 e. The average molecular weight is 366 g/mol. The fraction of sp³-hybridized carbons (Fsp3) is 0.200. The minimum absolute atomic E-state index is 0.0580. The Morgan fingerprint density at radius 1 is 1.25 bits per heavy atom. The lowest BCUT2D eigenvalue weighted by Gasteiger charge is -2.18. The summed E-state index contributed by atoms with van der Waals surface area (Å²) in [5.74, 6) is 0.966. The average Bonchev–Trinajstić information content (AvgIpc) is 2.96. The number of anilines is 1. The maximum atomic E-state index is 12.5. The van der Waals surface area contributed by atoms with E-state index in [1.54, 1.807) is 43.1 Å². The second kappa shape index (κ2) is 6.62.